The Labute approximate surface area is 113 Å². The second kappa shape index (κ2) is 6.01. The topological polar surface area (TPSA) is 12.0 Å². The summed E-state index contributed by atoms with van der Waals surface area (Å²) in [7, 11) is 0. The van der Waals surface area contributed by atoms with Gasteiger partial charge in [0.1, 0.15) is 0 Å². The minimum absolute atomic E-state index is 0.443. The Morgan fingerprint density at radius 2 is 1.71 bits per heavy atom. The van der Waals surface area contributed by atoms with E-state index >= 15 is 0 Å². The molecule has 0 aliphatic heterocycles. The SMILES string of the molecule is CC(N[C@@H](C)c1ccc(Br)cc1)C1CCCC1. The number of nitrogens with one attached hydrogen (secondary N) is 1. The Balaban J connectivity index is 1.91. The minimum atomic E-state index is 0.443. The second-order valence-corrected chi connectivity index (χ2v) is 6.19. The quantitative estimate of drug-likeness (QED) is 0.850. The van der Waals surface area contributed by atoms with Crippen LogP contribution in [-0.2, 0) is 0 Å². The Kier molecular flexibility index (Phi) is 4.63. The molecule has 1 aromatic carbocycles. The van der Waals surface area contributed by atoms with Gasteiger partial charge in [-0.2, -0.15) is 0 Å². The molecule has 1 aromatic rings. The lowest BCUT2D eigenvalue weighted by Gasteiger charge is -2.25. The smallest absolute Gasteiger partial charge is 0.0294 e. The van der Waals surface area contributed by atoms with Crippen LogP contribution in [0.3, 0.4) is 0 Å². The number of hydrogen-bond donors (Lipinski definition) is 1. The molecule has 2 atom stereocenters. The third-order valence-electron chi connectivity index (χ3n) is 3.99. The summed E-state index contributed by atoms with van der Waals surface area (Å²) in [4.78, 5) is 0. The number of benzene rings is 1. The van der Waals surface area contributed by atoms with Crippen LogP contribution in [0.1, 0.15) is 51.1 Å². The summed E-state index contributed by atoms with van der Waals surface area (Å²) in [5.74, 6) is 0.882. The van der Waals surface area contributed by atoms with Crippen molar-refractivity contribution >= 4 is 15.9 Å². The van der Waals surface area contributed by atoms with E-state index in [-0.39, 0.29) is 0 Å². The molecular weight excluding hydrogens is 274 g/mol. The van der Waals surface area contributed by atoms with Crippen molar-refractivity contribution in [2.75, 3.05) is 0 Å². The van der Waals surface area contributed by atoms with Gasteiger partial charge in [0.15, 0.2) is 0 Å². The van der Waals surface area contributed by atoms with Crippen molar-refractivity contribution in [3.8, 4) is 0 Å². The highest BCUT2D eigenvalue weighted by molar-refractivity contribution is 9.10. The summed E-state index contributed by atoms with van der Waals surface area (Å²) in [6, 6.07) is 9.71. The average molecular weight is 296 g/mol. The normalized spacial score (nSPS) is 20.4. The molecular formula is C15H22BrN. The van der Waals surface area contributed by atoms with Crippen molar-refractivity contribution in [1.29, 1.82) is 0 Å². The molecule has 1 unspecified atom stereocenters. The largest absolute Gasteiger partial charge is 0.307 e. The van der Waals surface area contributed by atoms with Crippen molar-refractivity contribution in [3.05, 3.63) is 34.3 Å². The molecule has 0 radical (unpaired) electrons. The first kappa shape index (κ1) is 13.1. The molecule has 1 aliphatic carbocycles. The molecule has 2 rings (SSSR count). The zero-order chi connectivity index (χ0) is 12.3. The van der Waals surface area contributed by atoms with E-state index in [2.05, 4.69) is 59.4 Å². The predicted molar refractivity (Wildman–Crippen MR) is 77.1 cm³/mol. The third kappa shape index (κ3) is 3.56. The molecule has 0 spiro atoms. The lowest BCUT2D eigenvalue weighted by molar-refractivity contribution is 0.352. The van der Waals surface area contributed by atoms with E-state index in [0.717, 1.165) is 10.4 Å². The first-order chi connectivity index (χ1) is 8.16. The molecule has 0 amide bonds. The van der Waals surface area contributed by atoms with E-state index in [1.54, 1.807) is 0 Å². The first-order valence-corrected chi connectivity index (χ1v) is 7.47. The number of hydrogen-bond acceptors (Lipinski definition) is 1. The molecule has 1 fully saturated rings. The molecule has 1 aliphatic rings. The maximum Gasteiger partial charge on any atom is 0.0294 e. The van der Waals surface area contributed by atoms with E-state index in [4.69, 9.17) is 0 Å². The second-order valence-electron chi connectivity index (χ2n) is 5.27. The summed E-state index contributed by atoms with van der Waals surface area (Å²) >= 11 is 3.48. The van der Waals surface area contributed by atoms with Crippen molar-refractivity contribution in [1.82, 2.24) is 5.32 Å². The fraction of sp³-hybridized carbons (Fsp3) is 0.600. The zero-order valence-corrected chi connectivity index (χ0v) is 12.3. The molecule has 94 valence electrons. The lowest BCUT2D eigenvalue weighted by Crippen LogP contribution is -2.34. The van der Waals surface area contributed by atoms with Crippen LogP contribution in [0.15, 0.2) is 28.7 Å². The molecule has 2 heteroatoms. The summed E-state index contributed by atoms with van der Waals surface area (Å²) in [5, 5.41) is 3.74. The van der Waals surface area contributed by atoms with Gasteiger partial charge in [-0.25, -0.2) is 0 Å². The zero-order valence-electron chi connectivity index (χ0n) is 10.7. The molecule has 1 nitrogen and oxygen atoms in total. The number of rotatable bonds is 4. The maximum absolute atomic E-state index is 3.74. The van der Waals surface area contributed by atoms with Crippen LogP contribution in [0.5, 0.6) is 0 Å². The average Bonchev–Trinajstić information content (AvgIpc) is 2.83. The van der Waals surface area contributed by atoms with E-state index in [1.807, 2.05) is 0 Å². The Morgan fingerprint density at radius 1 is 1.12 bits per heavy atom. The Morgan fingerprint density at radius 3 is 2.29 bits per heavy atom. The van der Waals surface area contributed by atoms with Gasteiger partial charge in [0.05, 0.1) is 0 Å². The van der Waals surface area contributed by atoms with Gasteiger partial charge in [-0.1, -0.05) is 40.9 Å². The van der Waals surface area contributed by atoms with Crippen molar-refractivity contribution < 1.29 is 0 Å². The van der Waals surface area contributed by atoms with Crippen molar-refractivity contribution in [2.45, 2.75) is 51.6 Å². The van der Waals surface area contributed by atoms with Crippen LogP contribution < -0.4 is 5.32 Å². The fourth-order valence-electron chi connectivity index (χ4n) is 2.84. The Hall–Kier alpha value is -0.340. The molecule has 17 heavy (non-hydrogen) atoms. The third-order valence-corrected chi connectivity index (χ3v) is 4.52. The highest BCUT2D eigenvalue weighted by Crippen LogP contribution is 2.28. The lowest BCUT2D eigenvalue weighted by atomic mass is 9.98. The van der Waals surface area contributed by atoms with E-state index < -0.39 is 0 Å². The van der Waals surface area contributed by atoms with Crippen LogP contribution in [0.25, 0.3) is 0 Å². The molecule has 0 saturated heterocycles. The number of halogens is 1. The fourth-order valence-corrected chi connectivity index (χ4v) is 3.10. The summed E-state index contributed by atoms with van der Waals surface area (Å²) in [6.07, 6.45) is 5.65. The van der Waals surface area contributed by atoms with Crippen LogP contribution >= 0.6 is 15.9 Å². The van der Waals surface area contributed by atoms with Gasteiger partial charge in [0.25, 0.3) is 0 Å². The van der Waals surface area contributed by atoms with E-state index in [1.165, 1.54) is 31.2 Å². The van der Waals surface area contributed by atoms with Gasteiger partial charge in [-0.05, 0) is 50.3 Å². The highest BCUT2D eigenvalue weighted by Gasteiger charge is 2.22. The summed E-state index contributed by atoms with van der Waals surface area (Å²) in [5.41, 5.74) is 1.37. The van der Waals surface area contributed by atoms with Gasteiger partial charge < -0.3 is 5.32 Å². The highest BCUT2D eigenvalue weighted by atomic mass is 79.9. The van der Waals surface area contributed by atoms with Crippen molar-refractivity contribution in [3.63, 3.8) is 0 Å². The van der Waals surface area contributed by atoms with E-state index in [0.29, 0.717) is 12.1 Å². The molecule has 0 bridgehead atoms. The van der Waals surface area contributed by atoms with Gasteiger partial charge >= 0.3 is 0 Å². The predicted octanol–water partition coefficient (Wildman–Crippen LogP) is 4.68. The first-order valence-electron chi connectivity index (χ1n) is 6.68. The van der Waals surface area contributed by atoms with Crippen LogP contribution in [0.4, 0.5) is 0 Å². The van der Waals surface area contributed by atoms with Gasteiger partial charge in [0, 0.05) is 16.6 Å². The monoisotopic (exact) mass is 295 g/mol. The molecule has 0 heterocycles. The summed E-state index contributed by atoms with van der Waals surface area (Å²) in [6.45, 7) is 4.60. The van der Waals surface area contributed by atoms with Crippen LogP contribution in [0, 0.1) is 5.92 Å². The summed E-state index contributed by atoms with van der Waals surface area (Å²) < 4.78 is 1.15. The molecule has 1 N–H and O–H groups in total. The molecule has 1 saturated carbocycles. The maximum atomic E-state index is 3.74. The standard InChI is InChI=1S/C15H22BrN/c1-11(13-5-3-4-6-13)17-12(2)14-7-9-15(16)10-8-14/h7-13,17H,3-6H2,1-2H3/t11?,12-/m0/s1. The van der Waals surface area contributed by atoms with Gasteiger partial charge in [-0.15, -0.1) is 0 Å². The van der Waals surface area contributed by atoms with Gasteiger partial charge in [-0.3, -0.25) is 0 Å². The van der Waals surface area contributed by atoms with Crippen molar-refractivity contribution in [2.24, 2.45) is 5.92 Å². The minimum Gasteiger partial charge on any atom is -0.307 e. The Bertz CT molecular complexity index is 340. The van der Waals surface area contributed by atoms with E-state index in [9.17, 15) is 0 Å². The van der Waals surface area contributed by atoms with Gasteiger partial charge in [0.2, 0.25) is 0 Å². The molecule has 0 aromatic heterocycles. The van der Waals surface area contributed by atoms with Crippen LogP contribution in [0.2, 0.25) is 0 Å². The van der Waals surface area contributed by atoms with Crippen LogP contribution in [-0.4, -0.2) is 6.04 Å².